The number of amidine groups is 1. The molecular formula is C21H16F3N3S. The van der Waals surface area contributed by atoms with Gasteiger partial charge in [-0.1, -0.05) is 54.6 Å². The second-order valence-corrected chi connectivity index (χ2v) is 7.22. The summed E-state index contributed by atoms with van der Waals surface area (Å²) in [6.45, 7) is -1.16. The van der Waals surface area contributed by atoms with Gasteiger partial charge in [0.2, 0.25) is 0 Å². The summed E-state index contributed by atoms with van der Waals surface area (Å²) < 4.78 is 38.6. The van der Waals surface area contributed by atoms with Crippen molar-refractivity contribution in [2.45, 2.75) is 12.2 Å². The molecule has 0 fully saturated rings. The quantitative estimate of drug-likeness (QED) is 0.618. The van der Waals surface area contributed by atoms with E-state index in [2.05, 4.69) is 10.3 Å². The fourth-order valence-corrected chi connectivity index (χ4v) is 3.78. The second kappa shape index (κ2) is 7.59. The van der Waals surface area contributed by atoms with E-state index in [1.54, 1.807) is 6.07 Å². The third kappa shape index (κ3) is 3.99. The van der Waals surface area contributed by atoms with Crippen LogP contribution in [0.2, 0.25) is 0 Å². The minimum atomic E-state index is -4.35. The van der Waals surface area contributed by atoms with E-state index in [0.29, 0.717) is 11.4 Å². The number of alkyl halides is 3. The molecule has 3 aromatic rings. The first-order chi connectivity index (χ1) is 13.5. The van der Waals surface area contributed by atoms with E-state index in [4.69, 9.17) is 4.99 Å². The lowest BCUT2D eigenvalue weighted by molar-refractivity contribution is -0.122. The fraction of sp³-hybridized carbons (Fsp3) is 0.143. The van der Waals surface area contributed by atoms with E-state index in [9.17, 15) is 13.2 Å². The second-order valence-electron chi connectivity index (χ2n) is 6.24. The van der Waals surface area contributed by atoms with E-state index in [1.165, 1.54) is 11.3 Å². The van der Waals surface area contributed by atoms with E-state index in [-0.39, 0.29) is 5.84 Å². The van der Waals surface area contributed by atoms with Gasteiger partial charge in [-0.3, -0.25) is 4.99 Å². The summed E-state index contributed by atoms with van der Waals surface area (Å²) in [5, 5.41) is 4.36. The van der Waals surface area contributed by atoms with Crippen LogP contribution in [0.4, 0.5) is 18.9 Å². The highest BCUT2D eigenvalue weighted by atomic mass is 32.1. The number of para-hydroxylation sites is 1. The molecule has 0 amide bonds. The Balaban J connectivity index is 1.87. The van der Waals surface area contributed by atoms with Gasteiger partial charge in [0.05, 0.1) is 11.4 Å². The molecule has 3 nitrogen and oxygen atoms in total. The Morgan fingerprint density at radius 2 is 1.68 bits per heavy atom. The molecule has 142 valence electrons. The van der Waals surface area contributed by atoms with Crippen LogP contribution in [0.5, 0.6) is 0 Å². The summed E-state index contributed by atoms with van der Waals surface area (Å²) in [5.74, 6) is 0.193. The number of halogens is 3. The van der Waals surface area contributed by atoms with Gasteiger partial charge in [0.1, 0.15) is 18.4 Å². The van der Waals surface area contributed by atoms with Crippen molar-refractivity contribution in [2.75, 3.05) is 6.54 Å². The highest BCUT2D eigenvalue weighted by Gasteiger charge is 2.31. The SMILES string of the molecule is FC(F)(F)CNC1=Nc2ccccc2C(c2ccccc2)=NC1c1cccs1. The van der Waals surface area contributed by atoms with Crippen LogP contribution < -0.4 is 5.32 Å². The standard InChI is InChI=1S/C21H16F3N3S/c22-21(23,24)13-25-20-19(17-11-6-12-28-17)27-18(14-7-2-1-3-8-14)15-9-4-5-10-16(15)26-20/h1-12,19H,13H2,(H,25,26). The molecule has 0 bridgehead atoms. The Hall–Kier alpha value is -2.93. The number of nitrogens with one attached hydrogen (secondary N) is 1. The van der Waals surface area contributed by atoms with Crippen LogP contribution in [-0.2, 0) is 0 Å². The number of aliphatic imine (C=N–C) groups is 2. The van der Waals surface area contributed by atoms with Gasteiger partial charge in [-0.15, -0.1) is 11.3 Å². The van der Waals surface area contributed by atoms with Crippen molar-refractivity contribution in [1.82, 2.24) is 5.32 Å². The molecule has 0 saturated carbocycles. The molecule has 1 N–H and O–H groups in total. The van der Waals surface area contributed by atoms with Crippen molar-refractivity contribution in [1.29, 1.82) is 0 Å². The lowest BCUT2D eigenvalue weighted by Crippen LogP contribution is -2.36. The van der Waals surface area contributed by atoms with E-state index in [1.807, 2.05) is 66.0 Å². The third-order valence-corrected chi connectivity index (χ3v) is 5.17. The van der Waals surface area contributed by atoms with Crippen LogP contribution in [0, 0.1) is 0 Å². The summed E-state index contributed by atoms with van der Waals surface area (Å²) >= 11 is 1.44. The molecule has 2 heterocycles. The van der Waals surface area contributed by atoms with Crippen molar-refractivity contribution in [3.63, 3.8) is 0 Å². The minimum absolute atomic E-state index is 0.193. The van der Waals surface area contributed by atoms with Crippen LogP contribution in [0.1, 0.15) is 22.0 Å². The first-order valence-electron chi connectivity index (χ1n) is 8.66. The summed E-state index contributed by atoms with van der Waals surface area (Å²) in [6.07, 6.45) is -4.35. The van der Waals surface area contributed by atoms with Gasteiger partial charge in [0.15, 0.2) is 0 Å². The molecule has 2 aromatic carbocycles. The van der Waals surface area contributed by atoms with Crippen LogP contribution in [0.25, 0.3) is 0 Å². The molecule has 1 unspecified atom stereocenters. The Morgan fingerprint density at radius 3 is 2.39 bits per heavy atom. The van der Waals surface area contributed by atoms with Crippen molar-refractivity contribution >= 4 is 28.6 Å². The molecule has 28 heavy (non-hydrogen) atoms. The molecule has 0 spiro atoms. The number of thiophene rings is 1. The highest BCUT2D eigenvalue weighted by Crippen LogP contribution is 2.33. The average molecular weight is 399 g/mol. The number of hydrogen-bond acceptors (Lipinski definition) is 4. The number of benzene rings is 2. The Kier molecular flexibility index (Phi) is 5.00. The summed E-state index contributed by atoms with van der Waals surface area (Å²) in [6, 6.07) is 20.1. The van der Waals surface area contributed by atoms with Crippen molar-refractivity contribution in [2.24, 2.45) is 9.98 Å². The molecule has 0 aliphatic carbocycles. The van der Waals surface area contributed by atoms with Gasteiger partial charge in [-0.05, 0) is 17.5 Å². The molecule has 1 aromatic heterocycles. The molecule has 0 saturated heterocycles. The topological polar surface area (TPSA) is 36.8 Å². The maximum absolute atomic E-state index is 12.9. The molecule has 1 aliphatic rings. The molecular weight excluding hydrogens is 383 g/mol. The molecule has 1 aliphatic heterocycles. The zero-order chi connectivity index (χ0) is 19.6. The van der Waals surface area contributed by atoms with E-state index < -0.39 is 18.8 Å². The van der Waals surface area contributed by atoms with Crippen LogP contribution in [0.3, 0.4) is 0 Å². The van der Waals surface area contributed by atoms with Gasteiger partial charge in [-0.25, -0.2) is 4.99 Å². The number of nitrogens with zero attached hydrogens (tertiary/aromatic N) is 2. The number of rotatable bonds is 3. The Morgan fingerprint density at radius 1 is 0.929 bits per heavy atom. The molecule has 4 rings (SSSR count). The third-order valence-electron chi connectivity index (χ3n) is 4.25. The molecule has 7 heteroatoms. The molecule has 1 atom stereocenters. The summed E-state index contributed by atoms with van der Waals surface area (Å²) in [4.78, 5) is 10.3. The summed E-state index contributed by atoms with van der Waals surface area (Å²) in [5.41, 5.74) is 2.99. The number of fused-ring (bicyclic) bond motifs is 1. The lowest BCUT2D eigenvalue weighted by atomic mass is 10.0. The predicted octanol–water partition coefficient (Wildman–Crippen LogP) is 5.52. The zero-order valence-electron chi connectivity index (χ0n) is 14.6. The average Bonchev–Trinajstić information content (AvgIpc) is 3.16. The van der Waals surface area contributed by atoms with Crippen LogP contribution in [0.15, 0.2) is 82.1 Å². The van der Waals surface area contributed by atoms with Crippen molar-refractivity contribution in [3.8, 4) is 0 Å². The largest absolute Gasteiger partial charge is 0.405 e. The maximum atomic E-state index is 12.9. The van der Waals surface area contributed by atoms with Crippen molar-refractivity contribution < 1.29 is 13.2 Å². The lowest BCUT2D eigenvalue weighted by Gasteiger charge is -2.17. The first-order valence-corrected chi connectivity index (χ1v) is 9.54. The first kappa shape index (κ1) is 18.4. The van der Waals surface area contributed by atoms with E-state index >= 15 is 0 Å². The van der Waals surface area contributed by atoms with Gasteiger partial charge in [0.25, 0.3) is 0 Å². The normalized spacial score (nSPS) is 16.6. The van der Waals surface area contributed by atoms with Gasteiger partial charge in [0, 0.05) is 16.0 Å². The Bertz CT molecular complexity index is 1010. The fourth-order valence-electron chi connectivity index (χ4n) is 3.02. The maximum Gasteiger partial charge on any atom is 0.405 e. The monoisotopic (exact) mass is 399 g/mol. The van der Waals surface area contributed by atoms with Crippen LogP contribution >= 0.6 is 11.3 Å². The Labute approximate surface area is 164 Å². The highest BCUT2D eigenvalue weighted by molar-refractivity contribution is 7.10. The smallest absolute Gasteiger partial charge is 0.363 e. The van der Waals surface area contributed by atoms with Crippen LogP contribution in [-0.4, -0.2) is 24.3 Å². The van der Waals surface area contributed by atoms with E-state index in [0.717, 1.165) is 16.0 Å². The van der Waals surface area contributed by atoms with Gasteiger partial charge >= 0.3 is 6.18 Å². The summed E-state index contributed by atoms with van der Waals surface area (Å²) in [7, 11) is 0. The zero-order valence-corrected chi connectivity index (χ0v) is 15.5. The van der Waals surface area contributed by atoms with Gasteiger partial charge in [-0.2, -0.15) is 13.2 Å². The predicted molar refractivity (Wildman–Crippen MR) is 107 cm³/mol. The molecule has 0 radical (unpaired) electrons. The minimum Gasteiger partial charge on any atom is -0.363 e. The number of hydrogen-bond donors (Lipinski definition) is 1. The van der Waals surface area contributed by atoms with Gasteiger partial charge < -0.3 is 5.32 Å². The van der Waals surface area contributed by atoms with Crippen molar-refractivity contribution in [3.05, 3.63) is 88.1 Å².